The average molecular weight is 501 g/mol. The number of ether oxygens (including phenoxy) is 1. The summed E-state index contributed by atoms with van der Waals surface area (Å²) in [6.07, 6.45) is 9.63. The van der Waals surface area contributed by atoms with Crippen LogP contribution in [0.5, 0.6) is 0 Å². The standard InChI is InChI=1S/C27H30Cl2N2O3/c1-5-9-18(6-2)31-16(4)14-20(15-19(31)7-3)33-27(32)24-25(30-34-26(24)17-12-13-17)23-21(28)10-8-11-22(23)29/h5-6,8-11,16-17,19-20H,1-2,7,12-15H2,3-4H3/b18-9+/t16-,19+,20+/m1/s1. The van der Waals surface area contributed by atoms with Gasteiger partial charge in [-0.1, -0.05) is 60.6 Å². The van der Waals surface area contributed by atoms with Crippen LogP contribution >= 0.6 is 23.2 Å². The number of carbonyl (C=O) groups excluding carboxylic acids is 1. The van der Waals surface area contributed by atoms with Crippen molar-refractivity contribution < 1.29 is 14.1 Å². The lowest BCUT2D eigenvalue weighted by Gasteiger charge is -2.45. The zero-order valence-electron chi connectivity index (χ0n) is 19.6. The van der Waals surface area contributed by atoms with E-state index in [2.05, 4.69) is 37.1 Å². The second kappa shape index (κ2) is 10.4. The molecule has 0 bridgehead atoms. The maximum atomic E-state index is 13.6. The molecule has 1 aliphatic heterocycles. The first kappa shape index (κ1) is 24.6. The van der Waals surface area contributed by atoms with E-state index in [0.29, 0.717) is 39.0 Å². The molecule has 2 fully saturated rings. The minimum absolute atomic E-state index is 0.170. The summed E-state index contributed by atoms with van der Waals surface area (Å²) in [5.74, 6) is 0.310. The van der Waals surface area contributed by atoms with Crippen molar-refractivity contribution in [1.82, 2.24) is 10.1 Å². The fourth-order valence-electron chi connectivity index (χ4n) is 4.90. The van der Waals surface area contributed by atoms with Crippen molar-refractivity contribution in [3.05, 3.63) is 76.7 Å². The number of aromatic nitrogens is 1. The average Bonchev–Trinajstić information content (AvgIpc) is 3.56. The molecule has 0 spiro atoms. The van der Waals surface area contributed by atoms with E-state index in [1.807, 2.05) is 12.2 Å². The molecule has 4 rings (SSSR count). The predicted octanol–water partition coefficient (Wildman–Crippen LogP) is 7.57. The van der Waals surface area contributed by atoms with Crippen molar-refractivity contribution in [2.45, 2.75) is 70.1 Å². The topological polar surface area (TPSA) is 55.6 Å². The number of carbonyl (C=O) groups is 1. The molecule has 0 N–H and O–H groups in total. The number of esters is 1. The van der Waals surface area contributed by atoms with Crippen LogP contribution in [0.2, 0.25) is 10.0 Å². The Labute approximate surface area is 211 Å². The fraction of sp³-hybridized carbons (Fsp3) is 0.407. The second-order valence-corrected chi connectivity index (χ2v) is 9.80. The molecule has 1 saturated carbocycles. The number of rotatable bonds is 8. The normalized spacial score (nSPS) is 23.0. The highest BCUT2D eigenvalue weighted by Gasteiger charge is 2.39. The molecule has 34 heavy (non-hydrogen) atoms. The molecule has 180 valence electrons. The zero-order chi connectivity index (χ0) is 24.4. The van der Waals surface area contributed by atoms with Crippen LogP contribution in [0.15, 0.2) is 59.8 Å². The van der Waals surface area contributed by atoms with Gasteiger partial charge in [-0.15, -0.1) is 0 Å². The summed E-state index contributed by atoms with van der Waals surface area (Å²) in [4.78, 5) is 15.9. The maximum Gasteiger partial charge on any atom is 0.344 e. The van der Waals surface area contributed by atoms with E-state index in [4.69, 9.17) is 32.5 Å². The van der Waals surface area contributed by atoms with Crippen LogP contribution in [-0.4, -0.2) is 34.2 Å². The molecule has 1 aromatic carbocycles. The van der Waals surface area contributed by atoms with Gasteiger partial charge in [-0.2, -0.15) is 0 Å². The Hall–Kier alpha value is -2.50. The summed E-state index contributed by atoms with van der Waals surface area (Å²) in [5.41, 5.74) is 2.22. The van der Waals surface area contributed by atoms with Crippen molar-refractivity contribution in [2.24, 2.45) is 0 Å². The third kappa shape index (κ3) is 4.82. The first-order valence-corrected chi connectivity index (χ1v) is 12.5. The summed E-state index contributed by atoms with van der Waals surface area (Å²) < 4.78 is 11.7. The predicted molar refractivity (Wildman–Crippen MR) is 136 cm³/mol. The van der Waals surface area contributed by atoms with Crippen molar-refractivity contribution in [1.29, 1.82) is 0 Å². The van der Waals surface area contributed by atoms with Gasteiger partial charge >= 0.3 is 5.97 Å². The molecular formula is C27H30Cl2N2O3. The number of nitrogens with zero attached hydrogens (tertiary/aromatic N) is 2. The summed E-state index contributed by atoms with van der Waals surface area (Å²) in [6.45, 7) is 12.1. The molecule has 2 heterocycles. The third-order valence-electron chi connectivity index (χ3n) is 6.62. The van der Waals surface area contributed by atoms with Gasteiger partial charge in [0.1, 0.15) is 17.4 Å². The van der Waals surface area contributed by atoms with Gasteiger partial charge in [0.25, 0.3) is 0 Å². The highest BCUT2D eigenvalue weighted by atomic mass is 35.5. The van der Waals surface area contributed by atoms with Crippen molar-refractivity contribution in [2.75, 3.05) is 0 Å². The minimum Gasteiger partial charge on any atom is -0.458 e. The van der Waals surface area contributed by atoms with E-state index in [0.717, 1.165) is 31.4 Å². The van der Waals surface area contributed by atoms with Gasteiger partial charge < -0.3 is 14.2 Å². The molecule has 1 saturated heterocycles. The van der Waals surface area contributed by atoms with E-state index in [1.165, 1.54) is 0 Å². The van der Waals surface area contributed by atoms with Gasteiger partial charge in [-0.05, 0) is 50.5 Å². The van der Waals surface area contributed by atoms with Crippen LogP contribution in [0.3, 0.4) is 0 Å². The van der Waals surface area contributed by atoms with E-state index in [9.17, 15) is 4.79 Å². The highest BCUT2D eigenvalue weighted by Crippen LogP contribution is 2.46. The molecule has 1 aliphatic carbocycles. The van der Waals surface area contributed by atoms with Gasteiger partial charge in [0.15, 0.2) is 5.76 Å². The summed E-state index contributed by atoms with van der Waals surface area (Å²) in [5, 5.41) is 5.04. The highest BCUT2D eigenvalue weighted by molar-refractivity contribution is 6.39. The first-order chi connectivity index (χ1) is 16.4. The number of likely N-dealkylation sites (tertiary alicyclic amines) is 1. The summed E-state index contributed by atoms with van der Waals surface area (Å²) in [6, 6.07) is 5.59. The van der Waals surface area contributed by atoms with Gasteiger partial charge in [0.05, 0.1) is 10.0 Å². The first-order valence-electron chi connectivity index (χ1n) is 11.8. The van der Waals surface area contributed by atoms with Crippen LogP contribution in [-0.2, 0) is 4.74 Å². The Kier molecular flexibility index (Phi) is 7.54. The van der Waals surface area contributed by atoms with Crippen molar-refractivity contribution in [3.63, 3.8) is 0 Å². The van der Waals surface area contributed by atoms with Gasteiger partial charge in [-0.3, -0.25) is 0 Å². The number of piperidine rings is 1. The Morgan fingerprint density at radius 2 is 1.97 bits per heavy atom. The Balaban J connectivity index is 1.61. The van der Waals surface area contributed by atoms with Crippen molar-refractivity contribution >= 4 is 29.2 Å². The molecule has 0 amide bonds. The number of allylic oxidation sites excluding steroid dienone is 3. The molecule has 3 atom stereocenters. The van der Waals surface area contributed by atoms with Gasteiger partial charge in [0, 0.05) is 42.1 Å². The molecule has 2 aromatic rings. The lowest BCUT2D eigenvalue weighted by Crippen LogP contribution is -2.49. The van der Waals surface area contributed by atoms with Crippen LogP contribution in [0.1, 0.15) is 68.0 Å². The minimum atomic E-state index is -0.430. The zero-order valence-corrected chi connectivity index (χ0v) is 21.1. The fourth-order valence-corrected chi connectivity index (χ4v) is 5.48. The van der Waals surface area contributed by atoms with E-state index >= 15 is 0 Å². The van der Waals surface area contributed by atoms with Crippen molar-refractivity contribution in [3.8, 4) is 11.3 Å². The Morgan fingerprint density at radius 1 is 1.26 bits per heavy atom. The third-order valence-corrected chi connectivity index (χ3v) is 7.25. The van der Waals surface area contributed by atoms with Crippen LogP contribution < -0.4 is 0 Å². The second-order valence-electron chi connectivity index (χ2n) is 8.99. The lowest BCUT2D eigenvalue weighted by atomic mass is 9.91. The maximum absolute atomic E-state index is 13.6. The largest absolute Gasteiger partial charge is 0.458 e. The molecule has 0 unspecified atom stereocenters. The van der Waals surface area contributed by atoms with E-state index in [-0.39, 0.29) is 24.1 Å². The Morgan fingerprint density at radius 3 is 2.56 bits per heavy atom. The van der Waals surface area contributed by atoms with Crippen LogP contribution in [0.25, 0.3) is 11.3 Å². The number of halogens is 2. The van der Waals surface area contributed by atoms with Gasteiger partial charge in [-0.25, -0.2) is 4.79 Å². The van der Waals surface area contributed by atoms with Crippen LogP contribution in [0, 0.1) is 0 Å². The molecule has 1 aromatic heterocycles. The molecule has 7 heteroatoms. The SMILES string of the molecule is C=C/C=C(\C=C)N1[C@@H](CC)C[C@@H](OC(=O)c2c(-c3c(Cl)cccc3Cl)noc2C2CC2)C[C@H]1C. The van der Waals surface area contributed by atoms with Crippen LogP contribution in [0.4, 0.5) is 0 Å². The van der Waals surface area contributed by atoms with Gasteiger partial charge in [0.2, 0.25) is 0 Å². The summed E-state index contributed by atoms with van der Waals surface area (Å²) >= 11 is 12.9. The molecule has 2 aliphatic rings. The van der Waals surface area contributed by atoms with E-state index < -0.39 is 5.97 Å². The molecular weight excluding hydrogens is 471 g/mol. The number of hydrogen-bond donors (Lipinski definition) is 0. The monoisotopic (exact) mass is 500 g/mol. The molecule has 0 radical (unpaired) electrons. The quantitative estimate of drug-likeness (QED) is 0.276. The Bertz CT molecular complexity index is 1100. The number of benzene rings is 1. The molecule has 5 nitrogen and oxygen atoms in total. The lowest BCUT2D eigenvalue weighted by molar-refractivity contribution is -0.0103. The van der Waals surface area contributed by atoms with E-state index in [1.54, 1.807) is 24.3 Å². The smallest absolute Gasteiger partial charge is 0.344 e. The number of hydrogen-bond acceptors (Lipinski definition) is 5. The summed E-state index contributed by atoms with van der Waals surface area (Å²) in [7, 11) is 0.